The van der Waals surface area contributed by atoms with Gasteiger partial charge in [-0.05, 0) is 25.2 Å². The van der Waals surface area contributed by atoms with Gasteiger partial charge in [0.05, 0.1) is 0 Å². The SMILES string of the molecule is CC(C)C1CCN(C(=O)O)C1=O.NC(N)=NCCCC(N)C(=O)O. The highest BCUT2D eigenvalue weighted by Gasteiger charge is 2.36. The van der Waals surface area contributed by atoms with Gasteiger partial charge < -0.3 is 27.4 Å². The fourth-order valence-corrected chi connectivity index (χ4v) is 2.15. The van der Waals surface area contributed by atoms with E-state index in [4.69, 9.17) is 27.4 Å². The van der Waals surface area contributed by atoms with Crippen molar-refractivity contribution in [1.82, 2.24) is 4.90 Å². The summed E-state index contributed by atoms with van der Waals surface area (Å²) in [5.41, 5.74) is 15.3. The Balaban J connectivity index is 0.000000441. The molecule has 10 nitrogen and oxygen atoms in total. The molecule has 0 saturated carbocycles. The van der Waals surface area contributed by atoms with Gasteiger partial charge in [-0.1, -0.05) is 13.8 Å². The molecule has 138 valence electrons. The average Bonchev–Trinajstić information content (AvgIpc) is 2.85. The van der Waals surface area contributed by atoms with Gasteiger partial charge in [0.25, 0.3) is 0 Å². The summed E-state index contributed by atoms with van der Waals surface area (Å²) in [4.78, 5) is 36.6. The number of carbonyl (C=O) groups is 3. The molecule has 1 saturated heterocycles. The van der Waals surface area contributed by atoms with Crippen LogP contribution in [0, 0.1) is 11.8 Å². The lowest BCUT2D eigenvalue weighted by atomic mass is 9.95. The number of hydrogen-bond donors (Lipinski definition) is 5. The van der Waals surface area contributed by atoms with Crippen molar-refractivity contribution in [3.63, 3.8) is 0 Å². The predicted molar refractivity (Wildman–Crippen MR) is 88.2 cm³/mol. The molecule has 2 atom stereocenters. The normalized spacial score (nSPS) is 17.9. The van der Waals surface area contributed by atoms with Crippen LogP contribution < -0.4 is 17.2 Å². The van der Waals surface area contributed by atoms with Crippen LogP contribution in [0.25, 0.3) is 0 Å². The standard InChI is InChI=1S/C8H13NO3.C6H14N4O2/c1-5(2)6-3-4-9(7(6)10)8(11)12;7-4(5(11)12)2-1-3-10-6(8)9/h5-6H,3-4H2,1-2H3,(H,11,12);4H,1-3,7H2,(H,11,12)(H4,8,9,10). The van der Waals surface area contributed by atoms with Gasteiger partial charge in [0, 0.05) is 19.0 Å². The highest BCUT2D eigenvalue weighted by atomic mass is 16.4. The van der Waals surface area contributed by atoms with Gasteiger partial charge in [0.1, 0.15) is 6.04 Å². The van der Waals surface area contributed by atoms with Gasteiger partial charge in [0.15, 0.2) is 5.96 Å². The second kappa shape index (κ2) is 10.4. The van der Waals surface area contributed by atoms with Crippen LogP contribution in [0.4, 0.5) is 4.79 Å². The molecule has 0 spiro atoms. The minimum absolute atomic E-state index is 0.0129. The molecule has 1 aliphatic rings. The number of carboxylic acid groups (broad SMARTS) is 2. The van der Waals surface area contributed by atoms with E-state index in [-0.39, 0.29) is 23.7 Å². The van der Waals surface area contributed by atoms with E-state index in [2.05, 4.69) is 4.99 Å². The van der Waals surface area contributed by atoms with Crippen molar-refractivity contribution in [2.45, 2.75) is 39.2 Å². The molecular weight excluding hydrogens is 318 g/mol. The summed E-state index contributed by atoms with van der Waals surface area (Å²) in [6.07, 6.45) is 0.503. The van der Waals surface area contributed by atoms with E-state index < -0.39 is 18.1 Å². The van der Waals surface area contributed by atoms with Gasteiger partial charge in [0.2, 0.25) is 5.91 Å². The lowest BCUT2D eigenvalue weighted by molar-refractivity contribution is -0.138. The zero-order chi connectivity index (χ0) is 18.9. The molecular formula is C14H27N5O5. The summed E-state index contributed by atoms with van der Waals surface area (Å²) in [6, 6.07) is -0.820. The topological polar surface area (TPSA) is 185 Å². The molecule has 0 aromatic rings. The Kier molecular flexibility index (Phi) is 9.40. The van der Waals surface area contributed by atoms with E-state index in [9.17, 15) is 14.4 Å². The fraction of sp³-hybridized carbons (Fsp3) is 0.714. The number of amides is 2. The number of aliphatic carboxylic acids is 1. The lowest BCUT2D eigenvalue weighted by Crippen LogP contribution is -2.33. The number of carbonyl (C=O) groups excluding carboxylic acids is 1. The van der Waals surface area contributed by atoms with Gasteiger partial charge in [-0.2, -0.15) is 0 Å². The molecule has 1 fully saturated rings. The predicted octanol–water partition coefficient (Wildman–Crippen LogP) is -0.379. The third-order valence-electron chi connectivity index (χ3n) is 3.57. The summed E-state index contributed by atoms with van der Waals surface area (Å²) in [5, 5.41) is 17.0. The Morgan fingerprint density at radius 3 is 2.25 bits per heavy atom. The molecule has 0 aromatic heterocycles. The highest BCUT2D eigenvalue weighted by molar-refractivity contribution is 5.94. The third-order valence-corrected chi connectivity index (χ3v) is 3.57. The quantitative estimate of drug-likeness (QED) is 0.245. The van der Waals surface area contributed by atoms with E-state index in [1.165, 1.54) is 0 Å². The van der Waals surface area contributed by atoms with Crippen molar-refractivity contribution in [2.24, 2.45) is 34.0 Å². The number of nitrogens with zero attached hydrogens (tertiary/aromatic N) is 2. The molecule has 0 aliphatic carbocycles. The van der Waals surface area contributed by atoms with E-state index in [0.29, 0.717) is 32.4 Å². The molecule has 24 heavy (non-hydrogen) atoms. The van der Waals surface area contributed by atoms with E-state index >= 15 is 0 Å². The van der Waals surface area contributed by atoms with Crippen LogP contribution in [0.5, 0.6) is 0 Å². The molecule has 2 amide bonds. The number of carboxylic acids is 1. The summed E-state index contributed by atoms with van der Waals surface area (Å²) < 4.78 is 0. The van der Waals surface area contributed by atoms with Gasteiger partial charge >= 0.3 is 12.1 Å². The second-order valence-electron chi connectivity index (χ2n) is 5.81. The monoisotopic (exact) mass is 345 g/mol. The summed E-state index contributed by atoms with van der Waals surface area (Å²) in [5.74, 6) is -1.08. The maximum Gasteiger partial charge on any atom is 0.414 e. The highest BCUT2D eigenvalue weighted by Crippen LogP contribution is 2.24. The molecule has 8 N–H and O–H groups in total. The molecule has 2 unspecified atom stereocenters. The first-order valence-corrected chi connectivity index (χ1v) is 7.66. The Hall–Kier alpha value is -2.36. The summed E-state index contributed by atoms with van der Waals surface area (Å²) >= 11 is 0. The maximum absolute atomic E-state index is 11.3. The summed E-state index contributed by atoms with van der Waals surface area (Å²) in [6.45, 7) is 4.65. The van der Waals surface area contributed by atoms with Crippen LogP contribution in [0.1, 0.15) is 33.1 Å². The minimum atomic E-state index is -1.12. The van der Waals surface area contributed by atoms with Crippen LogP contribution >= 0.6 is 0 Å². The Morgan fingerprint density at radius 1 is 1.33 bits per heavy atom. The first-order valence-electron chi connectivity index (χ1n) is 7.66. The van der Waals surface area contributed by atoms with Crippen LogP contribution in [-0.2, 0) is 9.59 Å². The Bertz CT molecular complexity index is 476. The average molecular weight is 345 g/mol. The number of guanidine groups is 1. The van der Waals surface area contributed by atoms with Gasteiger partial charge in [-0.25, -0.2) is 9.69 Å². The number of aliphatic imine (C=N–C) groups is 1. The van der Waals surface area contributed by atoms with Crippen molar-refractivity contribution in [1.29, 1.82) is 0 Å². The smallest absolute Gasteiger partial charge is 0.414 e. The van der Waals surface area contributed by atoms with Crippen molar-refractivity contribution in [3.05, 3.63) is 0 Å². The zero-order valence-corrected chi connectivity index (χ0v) is 14.0. The number of imide groups is 1. The third kappa shape index (κ3) is 7.77. The minimum Gasteiger partial charge on any atom is -0.480 e. The number of hydrogen-bond acceptors (Lipinski definition) is 5. The van der Waals surface area contributed by atoms with Crippen LogP contribution in [0.2, 0.25) is 0 Å². The number of likely N-dealkylation sites (tertiary alicyclic amines) is 1. The fourth-order valence-electron chi connectivity index (χ4n) is 2.15. The van der Waals surface area contributed by atoms with Crippen molar-refractivity contribution in [3.8, 4) is 0 Å². The number of rotatable bonds is 6. The lowest BCUT2D eigenvalue weighted by Gasteiger charge is -2.12. The van der Waals surface area contributed by atoms with Crippen molar-refractivity contribution in [2.75, 3.05) is 13.1 Å². The van der Waals surface area contributed by atoms with Crippen molar-refractivity contribution >= 4 is 23.9 Å². The largest absolute Gasteiger partial charge is 0.480 e. The number of nitrogens with two attached hydrogens (primary N) is 3. The van der Waals surface area contributed by atoms with Gasteiger partial charge in [-0.15, -0.1) is 0 Å². The van der Waals surface area contributed by atoms with E-state index in [1.807, 2.05) is 13.8 Å². The first kappa shape index (κ1) is 21.6. The van der Waals surface area contributed by atoms with Crippen molar-refractivity contribution < 1.29 is 24.6 Å². The molecule has 0 bridgehead atoms. The molecule has 1 heterocycles. The van der Waals surface area contributed by atoms with Crippen LogP contribution in [0.3, 0.4) is 0 Å². The van der Waals surface area contributed by atoms with E-state index in [1.54, 1.807) is 0 Å². The van der Waals surface area contributed by atoms with Gasteiger partial charge in [-0.3, -0.25) is 14.6 Å². The Labute approximate surface area is 140 Å². The molecule has 0 radical (unpaired) electrons. The first-order chi connectivity index (χ1) is 11.1. The van der Waals surface area contributed by atoms with E-state index in [0.717, 1.165) is 4.90 Å². The van der Waals surface area contributed by atoms with Crippen LogP contribution in [-0.4, -0.2) is 58.2 Å². The molecule has 1 rings (SSSR count). The Morgan fingerprint density at radius 2 is 1.92 bits per heavy atom. The zero-order valence-electron chi connectivity index (χ0n) is 14.0. The van der Waals surface area contributed by atoms with Crippen LogP contribution in [0.15, 0.2) is 4.99 Å². The molecule has 1 aliphatic heterocycles. The molecule has 10 heteroatoms. The summed E-state index contributed by atoms with van der Waals surface area (Å²) in [7, 11) is 0. The second-order valence-corrected chi connectivity index (χ2v) is 5.81. The maximum atomic E-state index is 11.3. The molecule has 0 aromatic carbocycles.